The highest BCUT2D eigenvalue weighted by atomic mass is 32.2. The number of carbonyl (C=O) groups excluding carboxylic acids is 1. The Morgan fingerprint density at radius 3 is 2.82 bits per heavy atom. The van der Waals surface area contributed by atoms with Gasteiger partial charge in [0.25, 0.3) is 0 Å². The van der Waals surface area contributed by atoms with Crippen molar-refractivity contribution < 1.29 is 4.79 Å². The van der Waals surface area contributed by atoms with Gasteiger partial charge in [-0.3, -0.25) is 9.36 Å². The Hall–Kier alpha value is -1.82. The molecule has 1 aliphatic carbocycles. The van der Waals surface area contributed by atoms with Gasteiger partial charge in [0.2, 0.25) is 0 Å². The zero-order chi connectivity index (χ0) is 15.4. The van der Waals surface area contributed by atoms with Crippen LogP contribution in [0, 0.1) is 0 Å². The summed E-state index contributed by atoms with van der Waals surface area (Å²) in [6.07, 6.45) is 4.35. The van der Waals surface area contributed by atoms with Crippen LogP contribution >= 0.6 is 11.8 Å². The highest BCUT2D eigenvalue weighted by Crippen LogP contribution is 2.29. The maximum atomic E-state index is 11.9. The molecule has 1 heterocycles. The van der Waals surface area contributed by atoms with E-state index >= 15 is 0 Å². The maximum Gasteiger partial charge on any atom is 0.343 e. The van der Waals surface area contributed by atoms with Gasteiger partial charge in [0.1, 0.15) is 5.78 Å². The fraction of sp³-hybridized carbons (Fsp3) is 0.438. The van der Waals surface area contributed by atoms with E-state index < -0.39 is 0 Å². The van der Waals surface area contributed by atoms with Gasteiger partial charge >= 0.3 is 5.69 Å². The minimum atomic E-state index is -0.207. The largest absolute Gasteiger partial charge is 0.343 e. The van der Waals surface area contributed by atoms with Crippen LogP contribution in [-0.4, -0.2) is 25.8 Å². The molecule has 22 heavy (non-hydrogen) atoms. The van der Waals surface area contributed by atoms with Crippen molar-refractivity contribution in [2.75, 3.05) is 0 Å². The van der Waals surface area contributed by atoms with Crippen LogP contribution < -0.4 is 5.69 Å². The van der Waals surface area contributed by atoms with Gasteiger partial charge in [0.15, 0.2) is 5.16 Å². The number of hydrogen-bond donors (Lipinski definition) is 1. The molecule has 1 unspecified atom stereocenters. The van der Waals surface area contributed by atoms with Crippen LogP contribution in [-0.2, 0) is 17.8 Å². The van der Waals surface area contributed by atoms with E-state index in [2.05, 4.69) is 10.2 Å². The van der Waals surface area contributed by atoms with Crippen molar-refractivity contribution >= 4 is 17.5 Å². The molecule has 3 rings (SSSR count). The number of hydrogen-bond acceptors (Lipinski definition) is 4. The third kappa shape index (κ3) is 3.50. The standard InChI is InChI=1S/C16H19N3O2S/c20-13-8-4-5-9-14(13)22-16-18-17-15(21)19(16)11-10-12-6-2-1-3-7-12/h1-3,6-7,14H,4-5,8-11H2,(H,17,21). The first-order chi connectivity index (χ1) is 10.7. The van der Waals surface area contributed by atoms with Gasteiger partial charge in [-0.1, -0.05) is 48.5 Å². The van der Waals surface area contributed by atoms with Crippen molar-refractivity contribution in [1.82, 2.24) is 14.8 Å². The molecule has 1 aromatic heterocycles. The van der Waals surface area contributed by atoms with Crippen LogP contribution in [0.1, 0.15) is 31.2 Å². The number of Topliss-reactive ketones (excluding diaryl/α,β-unsaturated/α-hetero) is 1. The average Bonchev–Trinajstić information content (AvgIpc) is 2.89. The molecule has 1 saturated carbocycles. The number of carbonyl (C=O) groups is 1. The molecule has 1 fully saturated rings. The van der Waals surface area contributed by atoms with Crippen molar-refractivity contribution in [2.45, 2.75) is 49.1 Å². The molecule has 0 bridgehead atoms. The molecule has 0 amide bonds. The van der Waals surface area contributed by atoms with Crippen molar-refractivity contribution in [1.29, 1.82) is 0 Å². The van der Waals surface area contributed by atoms with E-state index in [9.17, 15) is 9.59 Å². The van der Waals surface area contributed by atoms with Crippen molar-refractivity contribution in [3.05, 3.63) is 46.4 Å². The number of aromatic nitrogens is 3. The summed E-state index contributed by atoms with van der Waals surface area (Å²) in [6.45, 7) is 0.572. The molecule has 2 aromatic rings. The molecule has 0 spiro atoms. The van der Waals surface area contributed by atoms with E-state index in [4.69, 9.17) is 0 Å². The van der Waals surface area contributed by atoms with E-state index in [-0.39, 0.29) is 16.7 Å². The Kier molecular flexibility index (Phi) is 4.77. The first kappa shape index (κ1) is 15.1. The number of rotatable bonds is 5. The Balaban J connectivity index is 1.70. The minimum absolute atomic E-state index is 0.0561. The number of thioether (sulfide) groups is 1. The SMILES string of the molecule is O=C1CCCCC1Sc1n[nH]c(=O)n1CCc1ccccc1. The van der Waals surface area contributed by atoms with Crippen LogP contribution in [0.25, 0.3) is 0 Å². The number of nitrogens with one attached hydrogen (secondary N) is 1. The van der Waals surface area contributed by atoms with Gasteiger partial charge < -0.3 is 0 Å². The molecule has 1 N–H and O–H groups in total. The first-order valence-electron chi connectivity index (χ1n) is 7.62. The summed E-state index contributed by atoms with van der Waals surface area (Å²) in [5.74, 6) is 0.279. The average molecular weight is 317 g/mol. The van der Waals surface area contributed by atoms with Crippen LogP contribution in [0.5, 0.6) is 0 Å². The van der Waals surface area contributed by atoms with E-state index in [0.717, 1.165) is 25.7 Å². The highest BCUT2D eigenvalue weighted by Gasteiger charge is 2.25. The summed E-state index contributed by atoms with van der Waals surface area (Å²) in [7, 11) is 0. The van der Waals surface area contributed by atoms with Gasteiger partial charge in [-0.25, -0.2) is 9.89 Å². The predicted molar refractivity (Wildman–Crippen MR) is 86.1 cm³/mol. The second-order valence-electron chi connectivity index (χ2n) is 5.52. The first-order valence-corrected chi connectivity index (χ1v) is 8.50. The second-order valence-corrected chi connectivity index (χ2v) is 6.69. The smallest absolute Gasteiger partial charge is 0.298 e. The quantitative estimate of drug-likeness (QED) is 0.919. The summed E-state index contributed by atoms with van der Waals surface area (Å²) >= 11 is 1.43. The van der Waals surface area contributed by atoms with E-state index in [1.807, 2.05) is 30.3 Å². The molecule has 0 radical (unpaired) electrons. The third-order valence-corrected chi connectivity index (χ3v) is 5.24. The van der Waals surface area contributed by atoms with Gasteiger partial charge in [0.05, 0.1) is 5.25 Å². The molecule has 0 aliphatic heterocycles. The van der Waals surface area contributed by atoms with Gasteiger partial charge in [0, 0.05) is 13.0 Å². The van der Waals surface area contributed by atoms with Gasteiger partial charge in [-0.2, -0.15) is 0 Å². The molecular weight excluding hydrogens is 298 g/mol. The van der Waals surface area contributed by atoms with Crippen molar-refractivity contribution in [3.8, 4) is 0 Å². The molecule has 5 nitrogen and oxygen atoms in total. The Morgan fingerprint density at radius 1 is 1.23 bits per heavy atom. The van der Waals surface area contributed by atoms with Crippen LogP contribution in [0.4, 0.5) is 0 Å². The monoisotopic (exact) mass is 317 g/mol. The van der Waals surface area contributed by atoms with E-state index in [1.165, 1.54) is 17.3 Å². The summed E-state index contributed by atoms with van der Waals surface area (Å²) in [4.78, 5) is 23.9. The number of ketones is 1. The van der Waals surface area contributed by atoms with Crippen molar-refractivity contribution in [3.63, 3.8) is 0 Å². The number of benzene rings is 1. The lowest BCUT2D eigenvalue weighted by Gasteiger charge is -2.19. The Morgan fingerprint density at radius 2 is 2.05 bits per heavy atom. The number of H-pyrrole nitrogens is 1. The fourth-order valence-corrected chi connectivity index (χ4v) is 3.87. The fourth-order valence-electron chi connectivity index (χ4n) is 2.68. The number of aryl methyl sites for hydroxylation is 1. The summed E-state index contributed by atoms with van der Waals surface area (Å²) in [5, 5.41) is 7.17. The maximum absolute atomic E-state index is 11.9. The van der Waals surface area contributed by atoms with E-state index in [1.54, 1.807) is 4.57 Å². The number of nitrogens with zero attached hydrogens (tertiary/aromatic N) is 2. The molecule has 1 aromatic carbocycles. The van der Waals surface area contributed by atoms with Crippen LogP contribution in [0.15, 0.2) is 40.3 Å². The molecular formula is C16H19N3O2S. The lowest BCUT2D eigenvalue weighted by molar-refractivity contribution is -0.119. The normalized spacial score (nSPS) is 18.5. The zero-order valence-electron chi connectivity index (χ0n) is 12.3. The summed E-state index contributed by atoms with van der Waals surface area (Å²) < 4.78 is 1.64. The summed E-state index contributed by atoms with van der Waals surface area (Å²) in [6, 6.07) is 10.0. The summed E-state index contributed by atoms with van der Waals surface area (Å²) in [5.41, 5.74) is 0.974. The molecule has 1 aliphatic rings. The molecule has 1 atom stereocenters. The highest BCUT2D eigenvalue weighted by molar-refractivity contribution is 8.00. The molecule has 0 saturated heterocycles. The second kappa shape index (κ2) is 6.96. The van der Waals surface area contributed by atoms with Crippen LogP contribution in [0.3, 0.4) is 0 Å². The van der Waals surface area contributed by atoms with Gasteiger partial charge in [-0.15, -0.1) is 5.10 Å². The van der Waals surface area contributed by atoms with Crippen molar-refractivity contribution in [2.24, 2.45) is 0 Å². The van der Waals surface area contributed by atoms with E-state index in [0.29, 0.717) is 18.1 Å². The topological polar surface area (TPSA) is 67.8 Å². The molecule has 6 heteroatoms. The third-order valence-electron chi connectivity index (χ3n) is 3.94. The number of aromatic amines is 1. The van der Waals surface area contributed by atoms with Gasteiger partial charge in [-0.05, 0) is 24.8 Å². The Bertz CT molecular complexity index is 693. The van der Waals surface area contributed by atoms with Crippen LogP contribution in [0.2, 0.25) is 0 Å². The Labute approximate surface area is 133 Å². The molecule has 116 valence electrons. The predicted octanol–water partition coefficient (Wildman–Crippen LogP) is 2.42. The lowest BCUT2D eigenvalue weighted by Crippen LogP contribution is -2.23. The minimum Gasteiger partial charge on any atom is -0.298 e. The zero-order valence-corrected chi connectivity index (χ0v) is 13.1. The lowest BCUT2D eigenvalue weighted by atomic mass is 9.99.